The van der Waals surface area contributed by atoms with Gasteiger partial charge in [-0.3, -0.25) is 4.79 Å². The molecule has 0 aliphatic carbocycles. The van der Waals surface area contributed by atoms with Crippen molar-refractivity contribution >= 4 is 33.1 Å². The molecule has 4 N–H and O–H groups in total. The summed E-state index contributed by atoms with van der Waals surface area (Å²) in [5.74, 6) is -1.15. The minimum atomic E-state index is -3.60. The molecule has 0 aromatic rings. The number of hydrogen-bond acceptors (Lipinski definition) is 4. The van der Waals surface area contributed by atoms with Gasteiger partial charge in [-0.15, -0.1) is 0 Å². The predicted octanol–water partition coefficient (Wildman–Crippen LogP) is -1.59. The number of likely N-dealkylation sites (N-methyl/N-ethyl adjacent to an activating group) is 1. The molecule has 6 nitrogen and oxygen atoms in total. The topological polar surface area (TPSA) is 106 Å². The van der Waals surface area contributed by atoms with Gasteiger partial charge in [-0.1, -0.05) is 19.1 Å². The molecule has 14 heavy (non-hydrogen) atoms. The maximum absolute atomic E-state index is 11.5. The smallest absolute Gasteiger partial charge is 0.232 e. The number of hydrogen-bond donors (Lipinski definition) is 2. The third-order valence-corrected chi connectivity index (χ3v) is 3.58. The highest BCUT2D eigenvalue weighted by atomic mass is 32.2. The van der Waals surface area contributed by atoms with Crippen molar-refractivity contribution in [2.45, 2.75) is 6.92 Å². The fourth-order valence-electron chi connectivity index (χ4n) is 0.852. The van der Waals surface area contributed by atoms with E-state index in [0.29, 0.717) is 0 Å². The van der Waals surface area contributed by atoms with Gasteiger partial charge in [0.05, 0.1) is 11.5 Å². The second kappa shape index (κ2) is 5.23. The minimum Gasteiger partial charge on any atom is -0.392 e. The second-order valence-corrected chi connectivity index (χ2v) is 5.11. The van der Waals surface area contributed by atoms with Crippen LogP contribution in [-0.2, 0) is 14.8 Å². The molecular formula is C6H13N3O3S2. The van der Waals surface area contributed by atoms with Gasteiger partial charge in [-0.05, 0) is 0 Å². The highest BCUT2D eigenvalue weighted by Gasteiger charge is 2.22. The standard InChI is InChI=1S/C6H13N3O3S2/c1-2-9(3-5(7)10)14(11,12)4-6(8)13/h2-4H2,1H3,(H2,7,10)(H2,8,13). The molecule has 8 heteroatoms. The van der Waals surface area contributed by atoms with Crippen molar-refractivity contribution in [2.75, 3.05) is 18.8 Å². The Labute approximate surface area is 88.3 Å². The average Bonchev–Trinajstić information content (AvgIpc) is 1.96. The number of amides is 1. The van der Waals surface area contributed by atoms with E-state index in [1.54, 1.807) is 6.92 Å². The van der Waals surface area contributed by atoms with Gasteiger partial charge in [0.15, 0.2) is 0 Å². The zero-order chi connectivity index (χ0) is 11.4. The van der Waals surface area contributed by atoms with Gasteiger partial charge in [-0.2, -0.15) is 4.31 Å². The van der Waals surface area contributed by atoms with Crippen molar-refractivity contribution in [1.29, 1.82) is 0 Å². The summed E-state index contributed by atoms with van der Waals surface area (Å²) in [5, 5.41) is 0. The van der Waals surface area contributed by atoms with Crippen LogP contribution in [0, 0.1) is 0 Å². The summed E-state index contributed by atoms with van der Waals surface area (Å²) >= 11 is 4.48. The molecule has 0 saturated heterocycles. The Morgan fingerprint density at radius 3 is 2.21 bits per heavy atom. The molecule has 0 aliphatic heterocycles. The van der Waals surface area contributed by atoms with Gasteiger partial charge in [0.25, 0.3) is 0 Å². The first-order chi connectivity index (χ1) is 6.29. The summed E-state index contributed by atoms with van der Waals surface area (Å²) in [4.78, 5) is 10.4. The van der Waals surface area contributed by atoms with Crippen LogP contribution in [0.5, 0.6) is 0 Å². The number of carbonyl (C=O) groups excluding carboxylic acids is 1. The number of sulfonamides is 1. The molecule has 82 valence electrons. The second-order valence-electron chi connectivity index (χ2n) is 2.62. The summed E-state index contributed by atoms with van der Waals surface area (Å²) in [7, 11) is -3.60. The maximum atomic E-state index is 11.5. The first kappa shape index (κ1) is 13.3. The fraction of sp³-hybridized carbons (Fsp3) is 0.667. The lowest BCUT2D eigenvalue weighted by Crippen LogP contribution is -2.41. The SMILES string of the molecule is CCN(CC(N)=O)S(=O)(=O)CC(N)=S. The zero-order valence-electron chi connectivity index (χ0n) is 7.76. The van der Waals surface area contributed by atoms with Gasteiger partial charge in [0, 0.05) is 6.54 Å². The molecule has 0 aromatic carbocycles. The first-order valence-electron chi connectivity index (χ1n) is 3.84. The van der Waals surface area contributed by atoms with Crippen molar-refractivity contribution in [2.24, 2.45) is 11.5 Å². The molecular weight excluding hydrogens is 226 g/mol. The number of thiocarbonyl (C=S) groups is 1. The zero-order valence-corrected chi connectivity index (χ0v) is 9.40. The maximum Gasteiger partial charge on any atom is 0.232 e. The van der Waals surface area contributed by atoms with Crippen LogP contribution in [0.1, 0.15) is 6.92 Å². The van der Waals surface area contributed by atoms with E-state index in [9.17, 15) is 13.2 Å². The van der Waals surface area contributed by atoms with Gasteiger partial charge in [0.1, 0.15) is 5.75 Å². The summed E-state index contributed by atoms with van der Waals surface area (Å²) in [6.45, 7) is 1.41. The van der Waals surface area contributed by atoms with Crippen molar-refractivity contribution in [3.8, 4) is 0 Å². The molecule has 0 aromatic heterocycles. The van der Waals surface area contributed by atoms with E-state index in [2.05, 4.69) is 12.2 Å². The van der Waals surface area contributed by atoms with Crippen LogP contribution in [0.25, 0.3) is 0 Å². The van der Waals surface area contributed by atoms with E-state index >= 15 is 0 Å². The van der Waals surface area contributed by atoms with Crippen LogP contribution in [0.15, 0.2) is 0 Å². The minimum absolute atomic E-state index is 0.132. The Balaban J connectivity index is 4.66. The van der Waals surface area contributed by atoms with E-state index in [4.69, 9.17) is 11.5 Å². The number of rotatable bonds is 6. The number of carbonyl (C=O) groups is 1. The normalized spacial score (nSPS) is 11.6. The third-order valence-electron chi connectivity index (χ3n) is 1.40. The van der Waals surface area contributed by atoms with E-state index in [-0.39, 0.29) is 18.1 Å². The van der Waals surface area contributed by atoms with Crippen LogP contribution in [0.2, 0.25) is 0 Å². The number of nitrogens with zero attached hydrogens (tertiary/aromatic N) is 1. The number of primary amides is 1. The predicted molar refractivity (Wildman–Crippen MR) is 57.0 cm³/mol. The molecule has 0 heterocycles. The first-order valence-corrected chi connectivity index (χ1v) is 5.85. The van der Waals surface area contributed by atoms with Crippen LogP contribution in [0.3, 0.4) is 0 Å². The van der Waals surface area contributed by atoms with Crippen molar-refractivity contribution < 1.29 is 13.2 Å². The molecule has 0 spiro atoms. The molecule has 0 aliphatic rings. The van der Waals surface area contributed by atoms with Crippen LogP contribution in [-0.4, -0.2) is 42.5 Å². The Hall–Kier alpha value is -0.730. The monoisotopic (exact) mass is 239 g/mol. The Morgan fingerprint density at radius 2 is 1.93 bits per heavy atom. The molecule has 0 saturated carbocycles. The van der Waals surface area contributed by atoms with Crippen LogP contribution >= 0.6 is 12.2 Å². The fourth-order valence-corrected chi connectivity index (χ4v) is 2.56. The van der Waals surface area contributed by atoms with Gasteiger partial charge in [-0.25, -0.2) is 8.42 Å². The molecule has 1 amide bonds. The lowest BCUT2D eigenvalue weighted by Gasteiger charge is -2.17. The quantitative estimate of drug-likeness (QED) is 0.543. The van der Waals surface area contributed by atoms with Gasteiger partial charge >= 0.3 is 0 Å². The van der Waals surface area contributed by atoms with Crippen LogP contribution < -0.4 is 11.5 Å². The molecule has 0 bridgehead atoms. The summed E-state index contributed by atoms with van der Waals surface area (Å²) in [6, 6.07) is 0. The lowest BCUT2D eigenvalue weighted by molar-refractivity contribution is -0.118. The van der Waals surface area contributed by atoms with Gasteiger partial charge in [0.2, 0.25) is 15.9 Å². The van der Waals surface area contributed by atoms with Crippen molar-refractivity contribution in [1.82, 2.24) is 4.31 Å². The van der Waals surface area contributed by atoms with E-state index in [1.807, 2.05) is 0 Å². The largest absolute Gasteiger partial charge is 0.392 e. The third kappa shape index (κ3) is 4.49. The highest BCUT2D eigenvalue weighted by molar-refractivity contribution is 7.92. The Bertz CT molecular complexity index is 325. The molecule has 0 fully saturated rings. The average molecular weight is 239 g/mol. The van der Waals surface area contributed by atoms with Crippen molar-refractivity contribution in [3.05, 3.63) is 0 Å². The summed E-state index contributed by atoms with van der Waals surface area (Å²) in [6.07, 6.45) is 0. The van der Waals surface area contributed by atoms with Gasteiger partial charge < -0.3 is 11.5 Å². The van der Waals surface area contributed by atoms with E-state index in [0.717, 1.165) is 4.31 Å². The highest BCUT2D eigenvalue weighted by Crippen LogP contribution is 2.00. The van der Waals surface area contributed by atoms with Crippen LogP contribution in [0.4, 0.5) is 0 Å². The van der Waals surface area contributed by atoms with Crippen molar-refractivity contribution in [3.63, 3.8) is 0 Å². The van der Waals surface area contributed by atoms with E-state index < -0.39 is 21.7 Å². The van der Waals surface area contributed by atoms with E-state index in [1.165, 1.54) is 0 Å². The summed E-state index contributed by atoms with van der Waals surface area (Å²) in [5.41, 5.74) is 10.00. The molecule has 0 rings (SSSR count). The summed E-state index contributed by atoms with van der Waals surface area (Å²) < 4.78 is 23.9. The number of nitrogens with two attached hydrogens (primary N) is 2. The molecule has 0 atom stereocenters. The molecule has 0 radical (unpaired) electrons. The molecule has 0 unspecified atom stereocenters. The Kier molecular flexibility index (Phi) is 4.95. The Morgan fingerprint density at radius 1 is 1.43 bits per heavy atom. The lowest BCUT2D eigenvalue weighted by atomic mass is 10.6.